The predicted octanol–water partition coefficient (Wildman–Crippen LogP) is 6.17. The van der Waals surface area contributed by atoms with Gasteiger partial charge in [0.25, 0.3) is 5.56 Å². The van der Waals surface area contributed by atoms with Gasteiger partial charge in [-0.15, -0.1) is 0 Å². The largest absolute Gasteiger partial charge is 0.369 e. The van der Waals surface area contributed by atoms with Gasteiger partial charge >= 0.3 is 0 Å². The van der Waals surface area contributed by atoms with Crippen molar-refractivity contribution in [1.29, 1.82) is 0 Å². The molecule has 0 unspecified atom stereocenters. The van der Waals surface area contributed by atoms with Gasteiger partial charge in [0.05, 0.1) is 6.57 Å². The lowest BCUT2D eigenvalue weighted by Gasteiger charge is -2.36. The number of fused-ring (bicyclic) bond motifs is 2. The molecule has 3 aromatic carbocycles. The van der Waals surface area contributed by atoms with Gasteiger partial charge in [-0.2, -0.15) is 0 Å². The molecule has 1 aliphatic rings. The standard InChI is InChI=1S/C32H31N5O/c1-33-26-9-14-31-30(22-26)25(23-34-31)7-4-5-16-35-18-20-36(21-19-35)27-10-12-28(13-11-27)37-17-15-24-6-2-3-8-29(24)32(37)38/h2-3,6,8-15,17,22-23,34H,4-5,7,16,18-21H2. The highest BCUT2D eigenvalue weighted by molar-refractivity contribution is 5.86. The molecule has 6 rings (SSSR count). The van der Waals surface area contributed by atoms with Crippen LogP contribution in [0.5, 0.6) is 0 Å². The van der Waals surface area contributed by atoms with Crippen LogP contribution in [0.3, 0.4) is 0 Å². The molecule has 5 aromatic rings. The van der Waals surface area contributed by atoms with E-state index in [4.69, 9.17) is 6.57 Å². The van der Waals surface area contributed by atoms with Crippen molar-refractivity contribution in [3.8, 4) is 5.69 Å². The first-order valence-corrected chi connectivity index (χ1v) is 13.4. The number of benzene rings is 3. The van der Waals surface area contributed by atoms with E-state index in [9.17, 15) is 4.79 Å². The number of rotatable bonds is 7. The summed E-state index contributed by atoms with van der Waals surface area (Å²) in [4.78, 5) is 24.8. The number of aryl methyl sites for hydroxylation is 1. The van der Waals surface area contributed by atoms with Crippen molar-refractivity contribution in [1.82, 2.24) is 14.5 Å². The van der Waals surface area contributed by atoms with Gasteiger partial charge in [0, 0.05) is 60.9 Å². The number of unbranched alkanes of at least 4 members (excludes halogenated alkanes) is 1. The number of H-pyrrole nitrogens is 1. The Morgan fingerprint density at radius 1 is 0.842 bits per heavy atom. The molecular weight excluding hydrogens is 470 g/mol. The van der Waals surface area contributed by atoms with Crippen LogP contribution in [-0.2, 0) is 6.42 Å². The monoisotopic (exact) mass is 501 g/mol. The zero-order valence-corrected chi connectivity index (χ0v) is 21.4. The van der Waals surface area contributed by atoms with Crippen LogP contribution < -0.4 is 10.5 Å². The molecule has 0 bridgehead atoms. The number of hydrogen-bond acceptors (Lipinski definition) is 3. The average Bonchev–Trinajstić information content (AvgIpc) is 3.38. The van der Waals surface area contributed by atoms with Crippen molar-refractivity contribution in [2.75, 3.05) is 37.6 Å². The summed E-state index contributed by atoms with van der Waals surface area (Å²) < 4.78 is 1.73. The van der Waals surface area contributed by atoms with E-state index >= 15 is 0 Å². The SMILES string of the molecule is [C-]#[N+]c1ccc2[nH]cc(CCCCN3CCN(c4ccc(-n5ccc6ccccc6c5=O)cc4)CC3)c2c1. The fourth-order valence-electron chi connectivity index (χ4n) is 5.54. The first-order valence-electron chi connectivity index (χ1n) is 13.4. The normalized spacial score (nSPS) is 14.2. The molecule has 6 nitrogen and oxygen atoms in total. The highest BCUT2D eigenvalue weighted by atomic mass is 16.1. The second-order valence-corrected chi connectivity index (χ2v) is 10.0. The van der Waals surface area contributed by atoms with E-state index in [1.807, 2.05) is 66.9 Å². The number of aromatic nitrogens is 2. The Morgan fingerprint density at radius 2 is 1.63 bits per heavy atom. The van der Waals surface area contributed by atoms with Crippen molar-refractivity contribution in [3.63, 3.8) is 0 Å². The van der Waals surface area contributed by atoms with Gasteiger partial charge < -0.3 is 9.88 Å². The Balaban J connectivity index is 1.00. The molecule has 0 amide bonds. The van der Waals surface area contributed by atoms with Gasteiger partial charge in [-0.25, -0.2) is 4.85 Å². The lowest BCUT2D eigenvalue weighted by Crippen LogP contribution is -2.46. The van der Waals surface area contributed by atoms with E-state index in [0.29, 0.717) is 5.69 Å². The second-order valence-electron chi connectivity index (χ2n) is 10.0. The summed E-state index contributed by atoms with van der Waals surface area (Å²) in [7, 11) is 0. The van der Waals surface area contributed by atoms with Crippen molar-refractivity contribution >= 4 is 33.1 Å². The molecular formula is C32H31N5O. The Kier molecular flexibility index (Phi) is 6.68. The van der Waals surface area contributed by atoms with Crippen LogP contribution in [0.1, 0.15) is 18.4 Å². The average molecular weight is 502 g/mol. The van der Waals surface area contributed by atoms with Gasteiger partial charge in [0.2, 0.25) is 0 Å². The molecule has 1 N–H and O–H groups in total. The Morgan fingerprint density at radius 3 is 2.45 bits per heavy atom. The van der Waals surface area contributed by atoms with E-state index in [0.717, 1.165) is 67.5 Å². The molecule has 1 saturated heterocycles. The lowest BCUT2D eigenvalue weighted by molar-refractivity contribution is 0.253. The maximum absolute atomic E-state index is 12.9. The third kappa shape index (κ3) is 4.81. The summed E-state index contributed by atoms with van der Waals surface area (Å²) in [6.45, 7) is 12.5. The van der Waals surface area contributed by atoms with Crippen LogP contribution in [0.2, 0.25) is 0 Å². The van der Waals surface area contributed by atoms with Gasteiger partial charge in [0.15, 0.2) is 5.69 Å². The fourth-order valence-corrected chi connectivity index (χ4v) is 5.54. The maximum Gasteiger partial charge on any atom is 0.262 e. The Labute approximate surface area is 222 Å². The number of nitrogens with zero attached hydrogens (tertiary/aromatic N) is 4. The minimum Gasteiger partial charge on any atom is -0.369 e. The predicted molar refractivity (Wildman–Crippen MR) is 156 cm³/mol. The summed E-state index contributed by atoms with van der Waals surface area (Å²) in [5, 5.41) is 2.89. The fraction of sp³-hybridized carbons (Fsp3) is 0.250. The molecule has 1 fully saturated rings. The molecule has 190 valence electrons. The maximum atomic E-state index is 12.9. The Hall–Kier alpha value is -4.34. The molecule has 0 saturated carbocycles. The first kappa shape index (κ1) is 24.0. The summed E-state index contributed by atoms with van der Waals surface area (Å²) in [5.74, 6) is 0. The number of piperazine rings is 1. The van der Waals surface area contributed by atoms with Crippen LogP contribution in [-0.4, -0.2) is 47.2 Å². The smallest absolute Gasteiger partial charge is 0.262 e. The van der Waals surface area contributed by atoms with E-state index in [2.05, 4.69) is 38.0 Å². The molecule has 6 heteroatoms. The highest BCUT2D eigenvalue weighted by Gasteiger charge is 2.17. The molecule has 0 spiro atoms. The molecule has 0 atom stereocenters. The van der Waals surface area contributed by atoms with E-state index in [1.54, 1.807) is 4.57 Å². The molecule has 0 radical (unpaired) electrons. The van der Waals surface area contributed by atoms with Crippen molar-refractivity contribution in [3.05, 3.63) is 113 Å². The van der Waals surface area contributed by atoms with E-state index in [-0.39, 0.29) is 5.56 Å². The lowest BCUT2D eigenvalue weighted by atomic mass is 10.1. The molecule has 0 aliphatic carbocycles. The first-order chi connectivity index (χ1) is 18.7. The Bertz CT molecular complexity index is 1670. The minimum atomic E-state index is 0.0160. The molecule has 38 heavy (non-hydrogen) atoms. The number of pyridine rings is 1. The number of hydrogen-bond donors (Lipinski definition) is 1. The minimum absolute atomic E-state index is 0.0160. The third-order valence-corrected chi connectivity index (χ3v) is 7.73. The van der Waals surface area contributed by atoms with Crippen LogP contribution in [0.15, 0.2) is 90.0 Å². The molecule has 2 aromatic heterocycles. The summed E-state index contributed by atoms with van der Waals surface area (Å²) >= 11 is 0. The quantitative estimate of drug-likeness (QED) is 0.214. The van der Waals surface area contributed by atoms with Crippen LogP contribution in [0.4, 0.5) is 11.4 Å². The van der Waals surface area contributed by atoms with Crippen LogP contribution in [0.25, 0.3) is 32.2 Å². The number of nitrogens with one attached hydrogen (secondary N) is 1. The zero-order chi connectivity index (χ0) is 25.9. The summed E-state index contributed by atoms with van der Waals surface area (Å²) in [5.41, 5.74) is 5.24. The van der Waals surface area contributed by atoms with Crippen molar-refractivity contribution in [2.45, 2.75) is 19.3 Å². The summed E-state index contributed by atoms with van der Waals surface area (Å²) in [6.07, 6.45) is 7.31. The molecule has 3 heterocycles. The molecule has 1 aliphatic heterocycles. The van der Waals surface area contributed by atoms with Gasteiger partial charge in [-0.05, 0) is 90.7 Å². The third-order valence-electron chi connectivity index (χ3n) is 7.73. The van der Waals surface area contributed by atoms with Gasteiger partial charge in [0.1, 0.15) is 0 Å². The van der Waals surface area contributed by atoms with Crippen LogP contribution >= 0.6 is 0 Å². The topological polar surface area (TPSA) is 48.6 Å². The number of aromatic amines is 1. The summed E-state index contributed by atoms with van der Waals surface area (Å²) in [6, 6.07) is 24.0. The van der Waals surface area contributed by atoms with Crippen molar-refractivity contribution < 1.29 is 0 Å². The highest BCUT2D eigenvalue weighted by Crippen LogP contribution is 2.25. The second kappa shape index (κ2) is 10.6. The van der Waals surface area contributed by atoms with Crippen molar-refractivity contribution in [2.24, 2.45) is 0 Å². The van der Waals surface area contributed by atoms with Gasteiger partial charge in [-0.3, -0.25) is 14.3 Å². The van der Waals surface area contributed by atoms with Crippen LogP contribution in [0, 0.1) is 6.57 Å². The number of anilines is 1. The van der Waals surface area contributed by atoms with Gasteiger partial charge in [-0.1, -0.05) is 24.3 Å². The van der Waals surface area contributed by atoms with E-state index < -0.39 is 0 Å². The zero-order valence-electron chi connectivity index (χ0n) is 21.4. The van der Waals surface area contributed by atoms with E-state index in [1.165, 1.54) is 23.1 Å².